The van der Waals surface area contributed by atoms with Crippen LogP contribution in [0.4, 0.5) is 0 Å². The molecule has 8 nitrogen and oxygen atoms in total. The first kappa shape index (κ1) is 28.0. The third-order valence-corrected chi connectivity index (χ3v) is 7.83. The standard InChI is InChI=1S/C28H31N4O4S2/c1-5-29-23(33)21(24(34)30(6-2)27(29)37)20(19-15-13-18(14-16-19)17-11-9-10-12-17)22-25(35)31(7-3)28(38)32(8-4)26(22)36/h9-16,20,33,35H,5-8H2,1-4H3. The summed E-state index contributed by atoms with van der Waals surface area (Å²) in [6.45, 7) is 8.38. The van der Waals surface area contributed by atoms with Gasteiger partial charge in [0.15, 0.2) is 9.54 Å². The molecule has 5 radical (unpaired) electrons. The number of rotatable bonds is 8. The van der Waals surface area contributed by atoms with Crippen LogP contribution in [0.15, 0.2) is 33.9 Å². The summed E-state index contributed by atoms with van der Waals surface area (Å²) < 4.78 is 6.09. The van der Waals surface area contributed by atoms with Gasteiger partial charge in [0.25, 0.3) is 11.1 Å². The second kappa shape index (κ2) is 11.4. The van der Waals surface area contributed by atoms with E-state index < -0.39 is 17.0 Å². The average Bonchev–Trinajstić information content (AvgIpc) is 3.44. The second-order valence-corrected chi connectivity index (χ2v) is 9.59. The van der Waals surface area contributed by atoms with Gasteiger partial charge in [-0.05, 0) is 88.9 Å². The average molecular weight is 552 g/mol. The summed E-state index contributed by atoms with van der Waals surface area (Å²) in [7, 11) is 0. The highest BCUT2D eigenvalue weighted by molar-refractivity contribution is 7.71. The smallest absolute Gasteiger partial charge is 0.262 e. The van der Waals surface area contributed by atoms with Crippen molar-refractivity contribution >= 4 is 24.4 Å². The molecule has 1 aliphatic carbocycles. The van der Waals surface area contributed by atoms with Crippen molar-refractivity contribution in [3.63, 3.8) is 0 Å². The van der Waals surface area contributed by atoms with Gasteiger partial charge in [0.05, 0.1) is 17.0 Å². The minimum Gasteiger partial charge on any atom is -0.494 e. The highest BCUT2D eigenvalue weighted by Crippen LogP contribution is 2.38. The molecule has 2 aromatic heterocycles. The van der Waals surface area contributed by atoms with Gasteiger partial charge in [0.1, 0.15) is 0 Å². The number of aromatic nitrogens is 4. The molecule has 2 N–H and O–H groups in total. The van der Waals surface area contributed by atoms with Gasteiger partial charge in [0, 0.05) is 32.1 Å². The van der Waals surface area contributed by atoms with Gasteiger partial charge in [-0.25, -0.2) is 0 Å². The molecule has 0 spiro atoms. The Kier molecular flexibility index (Phi) is 8.42. The predicted molar refractivity (Wildman–Crippen MR) is 152 cm³/mol. The molecule has 10 heteroatoms. The van der Waals surface area contributed by atoms with Crippen molar-refractivity contribution in [1.29, 1.82) is 0 Å². The van der Waals surface area contributed by atoms with Crippen molar-refractivity contribution in [3.05, 3.63) is 108 Å². The van der Waals surface area contributed by atoms with Crippen LogP contribution in [0.25, 0.3) is 0 Å². The Bertz CT molecular complexity index is 1490. The molecule has 4 rings (SSSR count). The van der Waals surface area contributed by atoms with Crippen LogP contribution >= 0.6 is 24.4 Å². The SMILES string of the molecule is CCn1c(O)c(C(c2ccc([C]3[CH][CH][CH][CH]3)cc2)c2c(O)n(CC)c(=S)n(CC)c2=O)c(=O)n(CC)c1=S. The van der Waals surface area contributed by atoms with Gasteiger partial charge in [-0.15, -0.1) is 0 Å². The Morgan fingerprint density at radius 1 is 0.684 bits per heavy atom. The summed E-state index contributed by atoms with van der Waals surface area (Å²) in [6, 6.07) is 7.42. The van der Waals surface area contributed by atoms with Crippen LogP contribution in [0, 0.1) is 41.1 Å². The van der Waals surface area contributed by atoms with Crippen LogP contribution in [-0.2, 0) is 26.2 Å². The second-order valence-electron chi connectivity index (χ2n) is 8.86. The fourth-order valence-electron chi connectivity index (χ4n) is 4.96. The van der Waals surface area contributed by atoms with E-state index in [1.54, 1.807) is 13.8 Å². The fourth-order valence-corrected chi connectivity index (χ4v) is 5.82. The van der Waals surface area contributed by atoms with E-state index in [1.165, 1.54) is 18.3 Å². The van der Waals surface area contributed by atoms with E-state index in [0.717, 1.165) is 11.5 Å². The van der Waals surface area contributed by atoms with Crippen molar-refractivity contribution in [2.24, 2.45) is 0 Å². The van der Waals surface area contributed by atoms with Crippen LogP contribution in [0.1, 0.15) is 55.9 Å². The molecule has 1 fully saturated rings. The highest BCUT2D eigenvalue weighted by atomic mass is 32.1. The first-order valence-corrected chi connectivity index (χ1v) is 13.5. The quantitative estimate of drug-likeness (QED) is 0.401. The Morgan fingerprint density at radius 3 is 1.45 bits per heavy atom. The summed E-state index contributed by atoms with van der Waals surface area (Å²) >= 11 is 11.0. The van der Waals surface area contributed by atoms with E-state index in [1.807, 2.05) is 63.8 Å². The van der Waals surface area contributed by atoms with Gasteiger partial charge >= 0.3 is 0 Å². The molecule has 0 saturated heterocycles. The van der Waals surface area contributed by atoms with Gasteiger partial charge in [-0.3, -0.25) is 27.9 Å². The zero-order chi connectivity index (χ0) is 27.7. The molecule has 0 unspecified atom stereocenters. The Morgan fingerprint density at radius 2 is 1.08 bits per heavy atom. The summed E-state index contributed by atoms with van der Waals surface area (Å²) in [5.74, 6) is -0.713. The molecule has 199 valence electrons. The molecule has 1 aromatic carbocycles. The third-order valence-electron chi connectivity index (χ3n) is 6.95. The van der Waals surface area contributed by atoms with E-state index in [-0.39, 0.29) is 45.5 Å². The molecule has 38 heavy (non-hydrogen) atoms. The molecule has 0 aliphatic heterocycles. The maximum atomic E-state index is 13.9. The maximum absolute atomic E-state index is 13.9. The molecule has 1 saturated carbocycles. The van der Waals surface area contributed by atoms with E-state index >= 15 is 0 Å². The van der Waals surface area contributed by atoms with Crippen molar-refractivity contribution in [1.82, 2.24) is 18.3 Å². The molecule has 2 heterocycles. The Balaban J connectivity index is 2.12. The number of hydrogen-bond donors (Lipinski definition) is 2. The van der Waals surface area contributed by atoms with Gasteiger partial charge in [-0.1, -0.05) is 24.3 Å². The van der Waals surface area contributed by atoms with Crippen LogP contribution in [0.5, 0.6) is 11.8 Å². The van der Waals surface area contributed by atoms with Crippen LogP contribution in [0.3, 0.4) is 0 Å². The minimum absolute atomic E-state index is 0.0295. The van der Waals surface area contributed by atoms with Gasteiger partial charge in [-0.2, -0.15) is 0 Å². The lowest BCUT2D eigenvalue weighted by Crippen LogP contribution is -2.34. The fraction of sp³-hybridized carbons (Fsp3) is 0.321. The zero-order valence-electron chi connectivity index (χ0n) is 21.8. The first-order chi connectivity index (χ1) is 18.2. The lowest BCUT2D eigenvalue weighted by atomic mass is 9.85. The third kappa shape index (κ3) is 4.58. The largest absolute Gasteiger partial charge is 0.494 e. The predicted octanol–water partition coefficient (Wildman–Crippen LogP) is 4.50. The summed E-state index contributed by atoms with van der Waals surface area (Å²) in [6.07, 6.45) is 7.87. The molecule has 0 bridgehead atoms. The topological polar surface area (TPSA) is 94.3 Å². The molecular formula is C28H31N4O4S2. The van der Waals surface area contributed by atoms with Crippen LogP contribution in [-0.4, -0.2) is 28.5 Å². The summed E-state index contributed by atoms with van der Waals surface area (Å²) in [5.41, 5.74) is 0.424. The normalized spacial score (nSPS) is 14.0. The monoisotopic (exact) mass is 551 g/mol. The minimum atomic E-state index is -1.08. The van der Waals surface area contributed by atoms with Gasteiger partial charge < -0.3 is 10.2 Å². The number of hydrogen-bond acceptors (Lipinski definition) is 6. The number of nitrogens with zero attached hydrogens (tertiary/aromatic N) is 4. The van der Waals surface area contributed by atoms with Crippen molar-refractivity contribution < 1.29 is 10.2 Å². The molecule has 0 amide bonds. The Labute approximate surface area is 232 Å². The number of aromatic hydroxyl groups is 2. The first-order valence-electron chi connectivity index (χ1n) is 12.7. The lowest BCUT2D eigenvalue weighted by molar-refractivity contribution is 0.380. The summed E-state index contributed by atoms with van der Waals surface area (Å²) in [4.78, 5) is 27.7. The van der Waals surface area contributed by atoms with Crippen molar-refractivity contribution in [2.45, 2.75) is 59.8 Å². The van der Waals surface area contributed by atoms with Crippen LogP contribution in [0.2, 0.25) is 0 Å². The van der Waals surface area contributed by atoms with Crippen molar-refractivity contribution in [2.75, 3.05) is 0 Å². The van der Waals surface area contributed by atoms with E-state index in [2.05, 4.69) is 0 Å². The lowest BCUT2D eigenvalue weighted by Gasteiger charge is -2.25. The summed E-state index contributed by atoms with van der Waals surface area (Å²) in [5, 5.41) is 22.8. The van der Waals surface area contributed by atoms with E-state index in [0.29, 0.717) is 18.7 Å². The maximum Gasteiger partial charge on any atom is 0.262 e. The molecule has 0 atom stereocenters. The zero-order valence-corrected chi connectivity index (χ0v) is 23.5. The van der Waals surface area contributed by atoms with E-state index in [9.17, 15) is 19.8 Å². The Hall–Kier alpha value is -2.98. The highest BCUT2D eigenvalue weighted by Gasteiger charge is 2.33. The number of benzene rings is 1. The van der Waals surface area contributed by atoms with Crippen molar-refractivity contribution in [3.8, 4) is 11.8 Å². The van der Waals surface area contributed by atoms with E-state index in [4.69, 9.17) is 24.4 Å². The molecule has 1 aliphatic rings. The molecular weight excluding hydrogens is 520 g/mol. The van der Waals surface area contributed by atoms with Crippen LogP contribution < -0.4 is 11.1 Å². The van der Waals surface area contributed by atoms with Gasteiger partial charge in [0.2, 0.25) is 11.8 Å². The molecule has 3 aromatic rings.